The van der Waals surface area contributed by atoms with Crippen molar-refractivity contribution in [1.82, 2.24) is 0 Å². The van der Waals surface area contributed by atoms with Gasteiger partial charge in [-0.2, -0.15) is 0 Å². The monoisotopic (exact) mass is 407 g/mol. The van der Waals surface area contributed by atoms with Crippen LogP contribution in [0.3, 0.4) is 0 Å². The highest BCUT2D eigenvalue weighted by atomic mass is 16.6. The zero-order chi connectivity index (χ0) is 21.2. The van der Waals surface area contributed by atoms with Gasteiger partial charge in [0, 0.05) is 18.6 Å². The first-order valence-electron chi connectivity index (χ1n) is 9.45. The number of nitrogens with zero attached hydrogens (tertiary/aromatic N) is 1. The van der Waals surface area contributed by atoms with Crippen LogP contribution in [-0.4, -0.2) is 63.2 Å². The Morgan fingerprint density at radius 3 is 2.55 bits per heavy atom. The van der Waals surface area contributed by atoms with Gasteiger partial charge in [0.05, 0.1) is 25.3 Å². The van der Waals surface area contributed by atoms with Gasteiger partial charge in [0.15, 0.2) is 12.4 Å². The minimum Gasteiger partial charge on any atom is -0.482 e. The summed E-state index contributed by atoms with van der Waals surface area (Å²) in [6.45, 7) is 4.13. The number of benzene rings is 1. The van der Waals surface area contributed by atoms with Crippen LogP contribution in [-0.2, 0) is 28.6 Å². The van der Waals surface area contributed by atoms with Crippen LogP contribution in [0.25, 0.3) is 0 Å². The van der Waals surface area contributed by atoms with Crippen LogP contribution in [0, 0.1) is 0 Å². The zero-order valence-electron chi connectivity index (χ0n) is 16.6. The smallest absolute Gasteiger partial charge is 0.326 e. The van der Waals surface area contributed by atoms with Crippen LogP contribution in [0.4, 0.5) is 5.69 Å². The summed E-state index contributed by atoms with van der Waals surface area (Å²) in [5.41, 5.74) is 0.617. The third-order valence-corrected chi connectivity index (χ3v) is 4.07. The quantitative estimate of drug-likeness (QED) is 0.309. The Labute approximate surface area is 168 Å². The van der Waals surface area contributed by atoms with E-state index >= 15 is 0 Å². The number of amides is 1. The van der Waals surface area contributed by atoms with E-state index in [1.54, 1.807) is 19.1 Å². The topological polar surface area (TPSA) is 108 Å². The highest BCUT2D eigenvalue weighted by Gasteiger charge is 2.28. The van der Waals surface area contributed by atoms with Crippen molar-refractivity contribution in [2.75, 3.05) is 44.5 Å². The van der Waals surface area contributed by atoms with Crippen LogP contribution in [0.2, 0.25) is 0 Å². The number of Topliss-reactive ketones (excluding diaryl/α,β-unsaturated/α-hetero) is 1. The Morgan fingerprint density at radius 1 is 1.03 bits per heavy atom. The molecule has 0 unspecified atom stereocenters. The molecule has 0 aliphatic carbocycles. The van der Waals surface area contributed by atoms with Crippen molar-refractivity contribution in [2.45, 2.75) is 26.7 Å². The summed E-state index contributed by atoms with van der Waals surface area (Å²) in [7, 11) is 0. The van der Waals surface area contributed by atoms with Gasteiger partial charge in [-0.05, 0) is 32.0 Å². The standard InChI is InChI=1S/C20H25NO8/c1-3-26-9-10-28-20(25)12-21-15-11-14(5-7-17(15)29-13-18(21)23)16(22)6-8-19(24)27-4-2/h5,7,11H,3-4,6,8-10,12-13H2,1-2H3. The molecule has 1 amide bonds. The normalized spacial score (nSPS) is 12.8. The second-order valence-electron chi connectivity index (χ2n) is 6.10. The van der Waals surface area contributed by atoms with Gasteiger partial charge in [-0.1, -0.05) is 0 Å². The Balaban J connectivity index is 2.06. The summed E-state index contributed by atoms with van der Waals surface area (Å²) in [4.78, 5) is 49.4. The van der Waals surface area contributed by atoms with Crippen molar-refractivity contribution in [3.63, 3.8) is 0 Å². The summed E-state index contributed by atoms with van der Waals surface area (Å²) >= 11 is 0. The van der Waals surface area contributed by atoms with Gasteiger partial charge in [0.2, 0.25) is 0 Å². The number of ketones is 1. The van der Waals surface area contributed by atoms with E-state index in [4.69, 9.17) is 18.9 Å². The van der Waals surface area contributed by atoms with E-state index in [1.807, 2.05) is 6.92 Å². The van der Waals surface area contributed by atoms with Crippen molar-refractivity contribution >= 4 is 29.3 Å². The van der Waals surface area contributed by atoms with Gasteiger partial charge in [-0.15, -0.1) is 0 Å². The van der Waals surface area contributed by atoms with Crippen molar-refractivity contribution in [3.8, 4) is 5.75 Å². The molecule has 0 spiro atoms. The van der Waals surface area contributed by atoms with Crippen LogP contribution < -0.4 is 9.64 Å². The lowest BCUT2D eigenvalue weighted by molar-refractivity contribution is -0.144. The molecule has 9 nitrogen and oxygen atoms in total. The molecule has 1 aromatic carbocycles. The van der Waals surface area contributed by atoms with Crippen LogP contribution in [0.1, 0.15) is 37.0 Å². The number of anilines is 1. The van der Waals surface area contributed by atoms with Crippen LogP contribution in [0.15, 0.2) is 18.2 Å². The molecule has 1 aliphatic rings. The zero-order valence-corrected chi connectivity index (χ0v) is 16.6. The summed E-state index contributed by atoms with van der Waals surface area (Å²) in [5.74, 6) is -1.36. The fourth-order valence-corrected chi connectivity index (χ4v) is 2.68. The first kappa shape index (κ1) is 22.4. The predicted octanol–water partition coefficient (Wildman–Crippen LogP) is 1.52. The van der Waals surface area contributed by atoms with Crippen molar-refractivity contribution < 1.29 is 38.1 Å². The molecule has 0 aromatic heterocycles. The first-order valence-corrected chi connectivity index (χ1v) is 9.45. The number of hydrogen-bond acceptors (Lipinski definition) is 8. The van der Waals surface area contributed by atoms with E-state index in [2.05, 4.69) is 0 Å². The fourth-order valence-electron chi connectivity index (χ4n) is 2.68. The third-order valence-electron chi connectivity index (χ3n) is 4.07. The van der Waals surface area contributed by atoms with E-state index in [1.165, 1.54) is 11.0 Å². The second-order valence-corrected chi connectivity index (χ2v) is 6.10. The SMILES string of the molecule is CCOCCOC(=O)CN1C(=O)COc2ccc(C(=O)CCC(=O)OCC)cc21. The minimum absolute atomic E-state index is 0.0219. The van der Waals surface area contributed by atoms with Gasteiger partial charge < -0.3 is 18.9 Å². The Bertz CT molecular complexity index is 761. The highest BCUT2D eigenvalue weighted by molar-refractivity contribution is 6.04. The largest absolute Gasteiger partial charge is 0.482 e. The van der Waals surface area contributed by atoms with Crippen molar-refractivity contribution in [1.29, 1.82) is 0 Å². The molecular formula is C20H25NO8. The van der Waals surface area contributed by atoms with Gasteiger partial charge in [0.25, 0.3) is 5.91 Å². The van der Waals surface area contributed by atoms with E-state index in [0.29, 0.717) is 23.6 Å². The molecular weight excluding hydrogens is 382 g/mol. The van der Waals surface area contributed by atoms with E-state index < -0.39 is 17.8 Å². The van der Waals surface area contributed by atoms with Gasteiger partial charge in [-0.25, -0.2) is 0 Å². The molecule has 0 N–H and O–H groups in total. The maximum atomic E-state index is 12.4. The molecule has 0 saturated carbocycles. The number of carbonyl (C=O) groups excluding carboxylic acids is 4. The first-order chi connectivity index (χ1) is 14.0. The number of rotatable bonds is 11. The molecule has 29 heavy (non-hydrogen) atoms. The molecule has 2 rings (SSSR count). The van der Waals surface area contributed by atoms with Gasteiger partial charge >= 0.3 is 11.9 Å². The van der Waals surface area contributed by atoms with Crippen LogP contribution in [0.5, 0.6) is 5.75 Å². The summed E-state index contributed by atoms with van der Waals surface area (Å²) in [6, 6.07) is 4.60. The average molecular weight is 407 g/mol. The minimum atomic E-state index is -0.593. The number of esters is 2. The number of hydrogen-bond donors (Lipinski definition) is 0. The van der Waals surface area contributed by atoms with Gasteiger partial charge in [0.1, 0.15) is 18.9 Å². The van der Waals surface area contributed by atoms with E-state index in [-0.39, 0.29) is 51.6 Å². The molecule has 0 radical (unpaired) electrons. The number of fused-ring (bicyclic) bond motifs is 1. The second kappa shape index (κ2) is 11.2. The van der Waals surface area contributed by atoms with Gasteiger partial charge in [-0.3, -0.25) is 24.1 Å². The Morgan fingerprint density at radius 2 is 1.83 bits per heavy atom. The lowest BCUT2D eigenvalue weighted by Crippen LogP contribution is -2.42. The van der Waals surface area contributed by atoms with Crippen molar-refractivity contribution in [3.05, 3.63) is 23.8 Å². The molecule has 9 heteroatoms. The highest BCUT2D eigenvalue weighted by Crippen LogP contribution is 2.33. The summed E-state index contributed by atoms with van der Waals surface area (Å²) in [6.07, 6.45) is -0.0546. The van der Waals surface area contributed by atoms with Crippen molar-refractivity contribution in [2.24, 2.45) is 0 Å². The number of ether oxygens (including phenoxy) is 4. The molecule has 1 aromatic rings. The molecule has 1 heterocycles. The van der Waals surface area contributed by atoms with E-state index in [0.717, 1.165) is 0 Å². The molecule has 158 valence electrons. The Kier molecular flexibility index (Phi) is 8.60. The maximum absolute atomic E-state index is 12.4. The molecule has 0 fully saturated rings. The predicted molar refractivity (Wildman–Crippen MR) is 102 cm³/mol. The lowest BCUT2D eigenvalue weighted by Gasteiger charge is -2.29. The Hall–Kier alpha value is -2.94. The lowest BCUT2D eigenvalue weighted by atomic mass is 10.0. The molecule has 0 atom stereocenters. The molecule has 0 bridgehead atoms. The maximum Gasteiger partial charge on any atom is 0.326 e. The number of carbonyl (C=O) groups is 4. The summed E-state index contributed by atoms with van der Waals surface area (Å²) in [5, 5.41) is 0. The van der Waals surface area contributed by atoms with Crippen LogP contribution >= 0.6 is 0 Å². The molecule has 0 saturated heterocycles. The third kappa shape index (κ3) is 6.56. The molecule has 1 aliphatic heterocycles. The van der Waals surface area contributed by atoms with E-state index in [9.17, 15) is 19.2 Å². The average Bonchev–Trinajstić information content (AvgIpc) is 2.71. The summed E-state index contributed by atoms with van der Waals surface area (Å²) < 4.78 is 20.4. The fraction of sp³-hybridized carbons (Fsp3) is 0.500.